The van der Waals surface area contributed by atoms with Crippen molar-refractivity contribution in [3.8, 4) is 10.6 Å². The normalized spacial score (nSPS) is 20.5. The second-order valence-corrected chi connectivity index (χ2v) is 9.77. The molecule has 0 N–H and O–H groups in total. The highest BCUT2D eigenvalue weighted by atomic mass is 32.2. The van der Waals surface area contributed by atoms with Crippen molar-refractivity contribution >= 4 is 26.3 Å². The predicted molar refractivity (Wildman–Crippen MR) is 90.0 cm³/mol. The number of benzene rings is 1. The van der Waals surface area contributed by atoms with E-state index in [4.69, 9.17) is 0 Å². The van der Waals surface area contributed by atoms with Crippen LogP contribution < -0.4 is 4.90 Å². The van der Waals surface area contributed by atoms with Crippen LogP contribution >= 0.6 is 11.3 Å². The largest absolute Gasteiger partial charge is 0.346 e. The lowest BCUT2D eigenvalue weighted by Gasteiger charge is -2.22. The van der Waals surface area contributed by atoms with Gasteiger partial charge in [0.05, 0.1) is 10.5 Å². The summed E-state index contributed by atoms with van der Waals surface area (Å²) in [5.74, 6) is 0.167. The maximum absolute atomic E-state index is 12.3. The molecule has 1 aliphatic rings. The minimum Gasteiger partial charge on any atom is -0.346 e. The van der Waals surface area contributed by atoms with Crippen molar-refractivity contribution in [2.45, 2.75) is 25.0 Å². The lowest BCUT2D eigenvalue weighted by Crippen LogP contribution is -2.33. The van der Waals surface area contributed by atoms with Gasteiger partial charge >= 0.3 is 0 Å². The molecule has 7 heteroatoms. The molecule has 22 heavy (non-hydrogen) atoms. The molecule has 118 valence electrons. The quantitative estimate of drug-likeness (QED) is 0.843. The Hall–Kier alpha value is -1.47. The topological polar surface area (TPSA) is 63.2 Å². The third-order valence-electron chi connectivity index (χ3n) is 4.16. The molecule has 0 aliphatic carbocycles. The predicted octanol–water partition coefficient (Wildman–Crippen LogP) is 2.61. The van der Waals surface area contributed by atoms with E-state index < -0.39 is 14.6 Å². The van der Waals surface area contributed by atoms with E-state index in [1.54, 1.807) is 13.8 Å². The van der Waals surface area contributed by atoms with Crippen LogP contribution in [0.15, 0.2) is 30.3 Å². The maximum Gasteiger partial charge on any atom is 0.208 e. The van der Waals surface area contributed by atoms with E-state index in [0.717, 1.165) is 15.7 Å². The van der Waals surface area contributed by atoms with Crippen molar-refractivity contribution in [1.82, 2.24) is 10.2 Å². The van der Waals surface area contributed by atoms with Gasteiger partial charge in [-0.1, -0.05) is 41.7 Å². The van der Waals surface area contributed by atoms with E-state index in [-0.39, 0.29) is 5.75 Å². The standard InChI is InChI=1S/C15H19N3O2S2/c1-15(2)8-9-18(10-11-22(15,19)20)14-17-16-13(21-14)12-6-4-3-5-7-12/h3-7H,8-11H2,1-2H3. The second kappa shape index (κ2) is 5.62. The van der Waals surface area contributed by atoms with Crippen LogP contribution in [0.1, 0.15) is 20.3 Å². The minimum atomic E-state index is -3.07. The molecule has 0 bridgehead atoms. The van der Waals surface area contributed by atoms with E-state index in [0.29, 0.717) is 19.5 Å². The molecule has 5 nitrogen and oxygen atoms in total. The Kier molecular flexibility index (Phi) is 3.94. The summed E-state index contributed by atoms with van der Waals surface area (Å²) in [6.45, 7) is 4.79. The molecule has 1 aliphatic heterocycles. The third-order valence-corrected chi connectivity index (χ3v) is 7.80. The molecule has 0 saturated carbocycles. The van der Waals surface area contributed by atoms with Gasteiger partial charge in [0.15, 0.2) is 9.84 Å². The molecule has 1 aromatic heterocycles. The van der Waals surface area contributed by atoms with Crippen LogP contribution in [0.3, 0.4) is 0 Å². The monoisotopic (exact) mass is 337 g/mol. The van der Waals surface area contributed by atoms with Gasteiger partial charge in [0, 0.05) is 18.7 Å². The summed E-state index contributed by atoms with van der Waals surface area (Å²) < 4.78 is 23.9. The Morgan fingerprint density at radius 1 is 1.14 bits per heavy atom. The summed E-state index contributed by atoms with van der Waals surface area (Å²) in [7, 11) is -3.07. The SMILES string of the molecule is CC1(C)CCN(c2nnc(-c3ccccc3)s2)CCS1(=O)=O. The molecule has 1 saturated heterocycles. The first-order valence-electron chi connectivity index (χ1n) is 7.25. The van der Waals surface area contributed by atoms with Gasteiger partial charge in [-0.25, -0.2) is 8.42 Å². The van der Waals surface area contributed by atoms with Gasteiger partial charge in [-0.2, -0.15) is 0 Å². The second-order valence-electron chi connectivity index (χ2n) is 6.07. The molecular weight excluding hydrogens is 318 g/mol. The fraction of sp³-hybridized carbons (Fsp3) is 0.467. The van der Waals surface area contributed by atoms with Crippen LogP contribution in [0.5, 0.6) is 0 Å². The van der Waals surface area contributed by atoms with Crippen molar-refractivity contribution in [2.75, 3.05) is 23.7 Å². The molecule has 2 aromatic rings. The lowest BCUT2D eigenvalue weighted by atomic mass is 10.1. The summed E-state index contributed by atoms with van der Waals surface area (Å²) in [5, 5.41) is 10.2. The van der Waals surface area contributed by atoms with Crippen LogP contribution in [0.2, 0.25) is 0 Å². The van der Waals surface area contributed by atoms with Gasteiger partial charge in [-0.05, 0) is 20.3 Å². The average molecular weight is 337 g/mol. The van der Waals surface area contributed by atoms with E-state index >= 15 is 0 Å². The smallest absolute Gasteiger partial charge is 0.208 e. The molecular formula is C15H19N3O2S2. The van der Waals surface area contributed by atoms with Crippen molar-refractivity contribution in [3.63, 3.8) is 0 Å². The molecule has 0 unspecified atom stereocenters. The van der Waals surface area contributed by atoms with Crippen LogP contribution in [0, 0.1) is 0 Å². The summed E-state index contributed by atoms with van der Waals surface area (Å²) in [6, 6.07) is 9.91. The van der Waals surface area contributed by atoms with E-state index in [2.05, 4.69) is 10.2 Å². The Bertz CT molecular complexity index is 754. The molecule has 0 atom stereocenters. The van der Waals surface area contributed by atoms with Gasteiger partial charge in [0.25, 0.3) is 0 Å². The summed E-state index contributed by atoms with van der Waals surface area (Å²) in [5.41, 5.74) is 1.04. The fourth-order valence-corrected chi connectivity index (χ4v) is 4.73. The first-order valence-corrected chi connectivity index (χ1v) is 9.72. The van der Waals surface area contributed by atoms with Gasteiger partial charge in [0.2, 0.25) is 5.13 Å². The Labute approximate surface area is 134 Å². The highest BCUT2D eigenvalue weighted by Gasteiger charge is 2.37. The zero-order chi connectivity index (χ0) is 15.8. The van der Waals surface area contributed by atoms with Crippen molar-refractivity contribution < 1.29 is 8.42 Å². The first-order chi connectivity index (χ1) is 10.4. The zero-order valence-corrected chi connectivity index (χ0v) is 14.3. The number of rotatable bonds is 2. The number of hydrogen-bond acceptors (Lipinski definition) is 6. The average Bonchev–Trinajstić information content (AvgIpc) is 2.94. The Balaban J connectivity index is 1.83. The van der Waals surface area contributed by atoms with Crippen molar-refractivity contribution in [3.05, 3.63) is 30.3 Å². The zero-order valence-electron chi connectivity index (χ0n) is 12.7. The van der Waals surface area contributed by atoms with Gasteiger partial charge in [-0.15, -0.1) is 10.2 Å². The van der Waals surface area contributed by atoms with E-state index in [9.17, 15) is 8.42 Å². The van der Waals surface area contributed by atoms with Crippen LogP contribution in [0.4, 0.5) is 5.13 Å². The van der Waals surface area contributed by atoms with Crippen molar-refractivity contribution in [1.29, 1.82) is 0 Å². The number of sulfone groups is 1. The number of anilines is 1. The molecule has 3 rings (SSSR count). The van der Waals surface area contributed by atoms with Crippen LogP contribution in [0.25, 0.3) is 10.6 Å². The molecule has 0 spiro atoms. The van der Waals surface area contributed by atoms with E-state index in [1.807, 2.05) is 35.2 Å². The van der Waals surface area contributed by atoms with Crippen LogP contribution in [-0.2, 0) is 9.84 Å². The summed E-state index contributed by atoms with van der Waals surface area (Å²) in [6.07, 6.45) is 0.607. The first kappa shape index (κ1) is 15.4. The van der Waals surface area contributed by atoms with E-state index in [1.165, 1.54) is 11.3 Å². The van der Waals surface area contributed by atoms with Gasteiger partial charge in [0.1, 0.15) is 5.01 Å². The number of aromatic nitrogens is 2. The Morgan fingerprint density at radius 3 is 2.59 bits per heavy atom. The van der Waals surface area contributed by atoms with Crippen LogP contribution in [-0.4, -0.2) is 42.2 Å². The summed E-state index contributed by atoms with van der Waals surface area (Å²) >= 11 is 1.51. The molecule has 0 amide bonds. The number of nitrogens with zero attached hydrogens (tertiary/aromatic N) is 3. The molecule has 1 fully saturated rings. The molecule has 2 heterocycles. The van der Waals surface area contributed by atoms with Gasteiger partial charge in [-0.3, -0.25) is 0 Å². The molecule has 1 aromatic carbocycles. The summed E-state index contributed by atoms with van der Waals surface area (Å²) in [4.78, 5) is 2.04. The highest BCUT2D eigenvalue weighted by Crippen LogP contribution is 2.32. The fourth-order valence-electron chi connectivity index (χ4n) is 2.41. The molecule has 0 radical (unpaired) electrons. The maximum atomic E-state index is 12.3. The number of hydrogen-bond donors (Lipinski definition) is 0. The van der Waals surface area contributed by atoms with Crippen molar-refractivity contribution in [2.24, 2.45) is 0 Å². The lowest BCUT2D eigenvalue weighted by molar-refractivity contribution is 0.538. The Morgan fingerprint density at radius 2 is 1.86 bits per heavy atom. The minimum absolute atomic E-state index is 0.167. The van der Waals surface area contributed by atoms with Gasteiger partial charge < -0.3 is 4.90 Å². The third kappa shape index (κ3) is 2.87. The highest BCUT2D eigenvalue weighted by molar-refractivity contribution is 7.92.